The summed E-state index contributed by atoms with van der Waals surface area (Å²) in [4.78, 5) is 24.2. The largest absolute Gasteiger partial charge is 0.489 e. The van der Waals surface area contributed by atoms with Gasteiger partial charge in [0.25, 0.3) is 0 Å². The Balaban J connectivity index is 1.66. The number of carboxylic acids is 1. The van der Waals surface area contributed by atoms with Crippen molar-refractivity contribution in [3.63, 3.8) is 0 Å². The number of ketones is 1. The van der Waals surface area contributed by atoms with Crippen LogP contribution in [0.25, 0.3) is 0 Å². The predicted molar refractivity (Wildman–Crippen MR) is 96.0 cm³/mol. The smallest absolute Gasteiger partial charge is 0.307 e. The molecular formula is C21H22O5. The first-order valence-electron chi connectivity index (χ1n) is 8.75. The Morgan fingerprint density at radius 3 is 2.31 bits per heavy atom. The summed E-state index contributed by atoms with van der Waals surface area (Å²) >= 11 is 0. The van der Waals surface area contributed by atoms with Gasteiger partial charge < -0.3 is 14.9 Å². The van der Waals surface area contributed by atoms with Gasteiger partial charge in [0.15, 0.2) is 5.78 Å². The Bertz CT molecular complexity index is 754. The zero-order valence-corrected chi connectivity index (χ0v) is 14.4. The Hall–Kier alpha value is -2.66. The molecule has 2 aromatic carbocycles. The van der Waals surface area contributed by atoms with Crippen molar-refractivity contribution in [1.29, 1.82) is 0 Å². The van der Waals surface area contributed by atoms with Crippen LogP contribution in [0, 0.1) is 17.8 Å². The van der Waals surface area contributed by atoms with Crippen molar-refractivity contribution in [3.05, 3.63) is 65.7 Å². The van der Waals surface area contributed by atoms with Crippen LogP contribution in [-0.4, -0.2) is 28.6 Å². The Morgan fingerprint density at radius 2 is 1.69 bits per heavy atom. The number of hydrogen-bond donors (Lipinski definition) is 2. The molecule has 0 bridgehead atoms. The minimum absolute atomic E-state index is 0.178. The molecule has 3 rings (SSSR count). The number of hydrogen-bond acceptors (Lipinski definition) is 4. The van der Waals surface area contributed by atoms with Crippen LogP contribution in [0.3, 0.4) is 0 Å². The van der Waals surface area contributed by atoms with Gasteiger partial charge in [0.1, 0.15) is 12.4 Å². The number of carbonyl (C=O) groups excluding carboxylic acids is 1. The van der Waals surface area contributed by atoms with Gasteiger partial charge in [-0.3, -0.25) is 9.59 Å². The van der Waals surface area contributed by atoms with Crippen LogP contribution in [0.1, 0.15) is 28.8 Å². The SMILES string of the molecule is O=C(c1ccc(OCc2ccccc2)cc1)C1CCC(CO)C1C(=O)O. The van der Waals surface area contributed by atoms with E-state index in [0.29, 0.717) is 30.8 Å². The molecule has 0 amide bonds. The van der Waals surface area contributed by atoms with Crippen molar-refractivity contribution < 1.29 is 24.5 Å². The first kappa shape index (κ1) is 18.1. The number of aliphatic carboxylic acids is 1. The second-order valence-electron chi connectivity index (χ2n) is 6.65. The Morgan fingerprint density at radius 1 is 1.00 bits per heavy atom. The summed E-state index contributed by atoms with van der Waals surface area (Å²) in [5.41, 5.74) is 1.53. The van der Waals surface area contributed by atoms with E-state index in [2.05, 4.69) is 0 Å². The fourth-order valence-electron chi connectivity index (χ4n) is 3.62. The first-order valence-corrected chi connectivity index (χ1v) is 8.75. The molecule has 2 aromatic rings. The van der Waals surface area contributed by atoms with Crippen molar-refractivity contribution in [3.8, 4) is 5.75 Å². The van der Waals surface area contributed by atoms with Gasteiger partial charge in [-0.2, -0.15) is 0 Å². The molecule has 136 valence electrons. The van der Waals surface area contributed by atoms with Gasteiger partial charge in [0.2, 0.25) is 0 Å². The minimum Gasteiger partial charge on any atom is -0.489 e. The van der Waals surface area contributed by atoms with Crippen LogP contribution in [-0.2, 0) is 11.4 Å². The average molecular weight is 354 g/mol. The minimum atomic E-state index is -1.01. The second-order valence-corrected chi connectivity index (χ2v) is 6.65. The molecule has 5 heteroatoms. The third kappa shape index (κ3) is 3.94. The van der Waals surface area contributed by atoms with Gasteiger partial charge in [0, 0.05) is 18.1 Å². The molecule has 1 aliphatic rings. The number of benzene rings is 2. The highest BCUT2D eigenvalue weighted by Crippen LogP contribution is 2.39. The van der Waals surface area contributed by atoms with E-state index >= 15 is 0 Å². The lowest BCUT2D eigenvalue weighted by Crippen LogP contribution is -2.30. The highest BCUT2D eigenvalue weighted by atomic mass is 16.5. The molecule has 0 aromatic heterocycles. The number of aliphatic hydroxyl groups excluding tert-OH is 1. The molecule has 5 nitrogen and oxygen atoms in total. The summed E-state index contributed by atoms with van der Waals surface area (Å²) in [6.45, 7) is 0.239. The molecule has 1 fully saturated rings. The van der Waals surface area contributed by atoms with E-state index in [0.717, 1.165) is 5.56 Å². The summed E-state index contributed by atoms with van der Waals surface area (Å²) in [7, 11) is 0. The van der Waals surface area contributed by atoms with E-state index < -0.39 is 17.8 Å². The number of aliphatic hydroxyl groups is 1. The van der Waals surface area contributed by atoms with Crippen molar-refractivity contribution in [2.75, 3.05) is 6.61 Å². The van der Waals surface area contributed by atoms with Crippen molar-refractivity contribution >= 4 is 11.8 Å². The molecule has 0 heterocycles. The number of rotatable bonds is 7. The average Bonchev–Trinajstić information content (AvgIpc) is 3.11. The maximum absolute atomic E-state index is 12.7. The van der Waals surface area contributed by atoms with Gasteiger partial charge in [-0.1, -0.05) is 30.3 Å². The highest BCUT2D eigenvalue weighted by molar-refractivity contribution is 6.00. The molecule has 0 spiro atoms. The van der Waals surface area contributed by atoms with E-state index in [1.54, 1.807) is 24.3 Å². The zero-order chi connectivity index (χ0) is 18.5. The maximum atomic E-state index is 12.7. The van der Waals surface area contributed by atoms with Crippen LogP contribution < -0.4 is 4.74 Å². The normalized spacial score (nSPS) is 22.1. The Labute approximate surface area is 152 Å². The van der Waals surface area contributed by atoms with E-state index in [-0.39, 0.29) is 18.3 Å². The lowest BCUT2D eigenvalue weighted by Gasteiger charge is -2.18. The number of carboxylic acid groups (broad SMARTS) is 1. The topological polar surface area (TPSA) is 83.8 Å². The molecule has 0 aliphatic heterocycles. The molecule has 0 radical (unpaired) electrons. The molecule has 3 atom stereocenters. The first-order chi connectivity index (χ1) is 12.6. The van der Waals surface area contributed by atoms with Crippen LogP contribution in [0.2, 0.25) is 0 Å². The standard InChI is InChI=1S/C21H22O5/c22-12-16-8-11-18(19(16)21(24)25)20(23)15-6-9-17(10-7-15)26-13-14-4-2-1-3-5-14/h1-7,9-10,16,18-19,22H,8,11-13H2,(H,24,25). The Kier molecular flexibility index (Phi) is 5.68. The van der Waals surface area contributed by atoms with Crippen LogP contribution in [0.4, 0.5) is 0 Å². The van der Waals surface area contributed by atoms with Gasteiger partial charge in [-0.15, -0.1) is 0 Å². The van der Waals surface area contributed by atoms with Gasteiger partial charge in [-0.05, 0) is 48.6 Å². The second kappa shape index (κ2) is 8.15. The molecule has 26 heavy (non-hydrogen) atoms. The van der Waals surface area contributed by atoms with E-state index in [9.17, 15) is 19.8 Å². The lowest BCUT2D eigenvalue weighted by atomic mass is 9.85. The van der Waals surface area contributed by atoms with E-state index in [1.165, 1.54) is 0 Å². The molecule has 1 saturated carbocycles. The lowest BCUT2D eigenvalue weighted by molar-refractivity contribution is -0.144. The quantitative estimate of drug-likeness (QED) is 0.746. The number of carbonyl (C=O) groups is 2. The van der Waals surface area contributed by atoms with E-state index in [1.807, 2.05) is 30.3 Å². The number of Topliss-reactive ketones (excluding diaryl/α,β-unsaturated/α-hetero) is 1. The van der Waals surface area contributed by atoms with Crippen molar-refractivity contribution in [2.45, 2.75) is 19.4 Å². The zero-order valence-electron chi connectivity index (χ0n) is 14.4. The summed E-state index contributed by atoms with van der Waals surface area (Å²) in [6.07, 6.45) is 1.05. The van der Waals surface area contributed by atoms with Crippen LogP contribution in [0.15, 0.2) is 54.6 Å². The van der Waals surface area contributed by atoms with Gasteiger partial charge >= 0.3 is 5.97 Å². The summed E-state index contributed by atoms with van der Waals surface area (Å²) < 4.78 is 5.71. The fourth-order valence-corrected chi connectivity index (χ4v) is 3.62. The molecule has 3 unspecified atom stereocenters. The maximum Gasteiger partial charge on any atom is 0.307 e. The summed E-state index contributed by atoms with van der Waals surface area (Å²) in [5, 5.41) is 18.8. The third-order valence-electron chi connectivity index (χ3n) is 5.03. The van der Waals surface area contributed by atoms with Crippen LogP contribution >= 0.6 is 0 Å². The van der Waals surface area contributed by atoms with Crippen LogP contribution in [0.5, 0.6) is 5.75 Å². The summed E-state index contributed by atoms with van der Waals surface area (Å²) in [6, 6.07) is 16.6. The number of ether oxygens (including phenoxy) is 1. The highest BCUT2D eigenvalue weighted by Gasteiger charge is 2.44. The van der Waals surface area contributed by atoms with Crippen molar-refractivity contribution in [2.24, 2.45) is 17.8 Å². The van der Waals surface area contributed by atoms with Gasteiger partial charge in [0.05, 0.1) is 5.92 Å². The van der Waals surface area contributed by atoms with Gasteiger partial charge in [-0.25, -0.2) is 0 Å². The molecule has 0 saturated heterocycles. The molecule has 1 aliphatic carbocycles. The molecular weight excluding hydrogens is 332 g/mol. The third-order valence-corrected chi connectivity index (χ3v) is 5.03. The monoisotopic (exact) mass is 354 g/mol. The fraction of sp³-hybridized carbons (Fsp3) is 0.333. The van der Waals surface area contributed by atoms with E-state index in [4.69, 9.17) is 4.74 Å². The summed E-state index contributed by atoms with van der Waals surface area (Å²) in [5.74, 6) is -2.29. The molecule has 2 N–H and O–H groups in total. The predicted octanol–water partition coefficient (Wildman–Crippen LogP) is 3.17. The van der Waals surface area contributed by atoms with Crippen molar-refractivity contribution in [1.82, 2.24) is 0 Å².